The smallest absolute Gasteiger partial charge is 0.316 e. The standard InChI is InChI=1S/C9H16O4S/c1-3-4-7(9(11)12)14-6-5-8(10)13-2/h7H,3-6H2,1-2H3,(H,11,12). The Morgan fingerprint density at radius 2 is 2.14 bits per heavy atom. The van der Waals surface area contributed by atoms with Gasteiger partial charge in [-0.1, -0.05) is 13.3 Å². The molecule has 1 unspecified atom stereocenters. The van der Waals surface area contributed by atoms with Gasteiger partial charge in [-0.25, -0.2) is 0 Å². The van der Waals surface area contributed by atoms with Crippen molar-refractivity contribution in [1.82, 2.24) is 0 Å². The lowest BCUT2D eigenvalue weighted by Crippen LogP contribution is -2.17. The van der Waals surface area contributed by atoms with E-state index < -0.39 is 11.2 Å². The van der Waals surface area contributed by atoms with Crippen LogP contribution >= 0.6 is 11.8 Å². The molecule has 0 spiro atoms. The molecule has 0 heterocycles. The van der Waals surface area contributed by atoms with Crippen LogP contribution in [-0.4, -0.2) is 35.2 Å². The van der Waals surface area contributed by atoms with Crippen LogP contribution in [0.2, 0.25) is 0 Å². The highest BCUT2D eigenvalue weighted by Gasteiger charge is 2.16. The largest absolute Gasteiger partial charge is 0.480 e. The van der Waals surface area contributed by atoms with E-state index in [4.69, 9.17) is 5.11 Å². The summed E-state index contributed by atoms with van der Waals surface area (Å²) >= 11 is 1.30. The molecule has 0 saturated carbocycles. The van der Waals surface area contributed by atoms with Gasteiger partial charge in [-0.3, -0.25) is 9.59 Å². The Morgan fingerprint density at radius 3 is 2.57 bits per heavy atom. The molecular weight excluding hydrogens is 204 g/mol. The third-order valence-electron chi connectivity index (χ3n) is 1.68. The summed E-state index contributed by atoms with van der Waals surface area (Å²) in [5, 5.41) is 8.39. The molecule has 0 radical (unpaired) electrons. The lowest BCUT2D eigenvalue weighted by Gasteiger charge is -2.09. The van der Waals surface area contributed by atoms with Gasteiger partial charge in [-0.05, 0) is 6.42 Å². The highest BCUT2D eigenvalue weighted by Crippen LogP contribution is 2.17. The average molecular weight is 220 g/mol. The number of thioether (sulfide) groups is 1. The molecular formula is C9H16O4S. The van der Waals surface area contributed by atoms with Gasteiger partial charge in [0.1, 0.15) is 5.25 Å². The first-order valence-electron chi connectivity index (χ1n) is 4.53. The van der Waals surface area contributed by atoms with Crippen molar-refractivity contribution >= 4 is 23.7 Å². The lowest BCUT2D eigenvalue weighted by molar-refractivity contribution is -0.140. The Kier molecular flexibility index (Phi) is 7.28. The highest BCUT2D eigenvalue weighted by molar-refractivity contribution is 8.00. The van der Waals surface area contributed by atoms with Gasteiger partial charge >= 0.3 is 11.9 Å². The summed E-state index contributed by atoms with van der Waals surface area (Å²) in [4.78, 5) is 21.4. The van der Waals surface area contributed by atoms with E-state index in [1.54, 1.807) is 0 Å². The number of carbonyl (C=O) groups is 2. The number of rotatable bonds is 7. The molecule has 0 aromatic rings. The minimum absolute atomic E-state index is 0.272. The molecule has 0 fully saturated rings. The van der Waals surface area contributed by atoms with Crippen LogP contribution in [0.15, 0.2) is 0 Å². The van der Waals surface area contributed by atoms with Crippen molar-refractivity contribution in [2.45, 2.75) is 31.4 Å². The third-order valence-corrected chi connectivity index (χ3v) is 2.96. The second-order valence-corrected chi connectivity index (χ2v) is 4.12. The van der Waals surface area contributed by atoms with Crippen LogP contribution < -0.4 is 0 Å². The highest BCUT2D eigenvalue weighted by atomic mass is 32.2. The molecule has 1 N–H and O–H groups in total. The maximum Gasteiger partial charge on any atom is 0.316 e. The molecule has 0 aromatic carbocycles. The molecule has 4 nitrogen and oxygen atoms in total. The number of ether oxygens (including phenoxy) is 1. The molecule has 1 atom stereocenters. The van der Waals surface area contributed by atoms with E-state index in [2.05, 4.69) is 4.74 Å². The Bertz CT molecular complexity index is 193. The molecule has 0 bridgehead atoms. The predicted octanol–water partition coefficient (Wildman–Crippen LogP) is 1.54. The van der Waals surface area contributed by atoms with Gasteiger partial charge in [0.25, 0.3) is 0 Å². The van der Waals surface area contributed by atoms with Gasteiger partial charge in [0.2, 0.25) is 0 Å². The molecule has 0 aliphatic carbocycles. The van der Waals surface area contributed by atoms with E-state index in [0.29, 0.717) is 12.2 Å². The van der Waals surface area contributed by atoms with Gasteiger partial charge in [0.05, 0.1) is 13.5 Å². The monoisotopic (exact) mass is 220 g/mol. The Hall–Kier alpha value is -0.710. The summed E-state index contributed by atoms with van der Waals surface area (Å²) in [7, 11) is 1.33. The number of carboxylic acid groups (broad SMARTS) is 1. The summed E-state index contributed by atoms with van der Waals surface area (Å²) in [5.74, 6) is -0.594. The van der Waals surface area contributed by atoms with E-state index in [9.17, 15) is 9.59 Å². The van der Waals surface area contributed by atoms with Crippen molar-refractivity contribution in [1.29, 1.82) is 0 Å². The summed E-state index contributed by atoms with van der Waals surface area (Å²) in [6.45, 7) is 1.94. The Labute approximate surface area is 88.0 Å². The Morgan fingerprint density at radius 1 is 1.50 bits per heavy atom. The summed E-state index contributed by atoms with van der Waals surface area (Å²) in [5.41, 5.74) is 0. The molecule has 0 aliphatic heterocycles. The van der Waals surface area contributed by atoms with Crippen molar-refractivity contribution in [3.8, 4) is 0 Å². The van der Waals surface area contributed by atoms with Crippen LogP contribution in [0, 0.1) is 0 Å². The second kappa shape index (κ2) is 7.67. The zero-order chi connectivity index (χ0) is 11.0. The first-order valence-corrected chi connectivity index (χ1v) is 5.57. The fourth-order valence-corrected chi connectivity index (χ4v) is 2.04. The number of hydrogen-bond acceptors (Lipinski definition) is 4. The fraction of sp³-hybridized carbons (Fsp3) is 0.778. The number of aliphatic carboxylic acids is 1. The van der Waals surface area contributed by atoms with Gasteiger partial charge in [0, 0.05) is 5.75 Å². The van der Waals surface area contributed by atoms with Crippen LogP contribution in [0.3, 0.4) is 0 Å². The first-order chi connectivity index (χ1) is 6.61. The lowest BCUT2D eigenvalue weighted by atomic mass is 10.2. The topological polar surface area (TPSA) is 63.6 Å². The summed E-state index contributed by atoms with van der Waals surface area (Å²) in [6, 6.07) is 0. The van der Waals surface area contributed by atoms with Crippen molar-refractivity contribution < 1.29 is 19.4 Å². The maximum absolute atomic E-state index is 10.7. The normalized spacial score (nSPS) is 12.1. The molecule has 82 valence electrons. The fourth-order valence-electron chi connectivity index (χ4n) is 0.927. The van der Waals surface area contributed by atoms with Crippen molar-refractivity contribution in [3.63, 3.8) is 0 Å². The van der Waals surface area contributed by atoms with Crippen LogP contribution in [-0.2, 0) is 14.3 Å². The predicted molar refractivity (Wildman–Crippen MR) is 55.4 cm³/mol. The van der Waals surface area contributed by atoms with Crippen LogP contribution in [0.25, 0.3) is 0 Å². The maximum atomic E-state index is 10.7. The number of carboxylic acids is 1. The van der Waals surface area contributed by atoms with Crippen LogP contribution in [0.1, 0.15) is 26.2 Å². The van der Waals surface area contributed by atoms with Crippen molar-refractivity contribution in [2.75, 3.05) is 12.9 Å². The SMILES string of the molecule is CCCC(SCCC(=O)OC)C(=O)O. The van der Waals surface area contributed by atoms with Crippen LogP contribution in [0.5, 0.6) is 0 Å². The third kappa shape index (κ3) is 5.85. The molecule has 0 saturated heterocycles. The second-order valence-electron chi connectivity index (χ2n) is 2.81. The molecule has 0 aliphatic rings. The van der Waals surface area contributed by atoms with E-state index >= 15 is 0 Å². The van der Waals surface area contributed by atoms with Crippen LogP contribution in [0.4, 0.5) is 0 Å². The summed E-state index contributed by atoms with van der Waals surface area (Å²) in [6.07, 6.45) is 1.75. The molecule has 5 heteroatoms. The zero-order valence-electron chi connectivity index (χ0n) is 8.49. The minimum Gasteiger partial charge on any atom is -0.480 e. The van der Waals surface area contributed by atoms with Gasteiger partial charge in [-0.15, -0.1) is 11.8 Å². The number of hydrogen-bond donors (Lipinski definition) is 1. The number of esters is 1. The van der Waals surface area contributed by atoms with E-state index in [-0.39, 0.29) is 12.4 Å². The van der Waals surface area contributed by atoms with Gasteiger partial charge in [-0.2, -0.15) is 0 Å². The van der Waals surface area contributed by atoms with E-state index in [0.717, 1.165) is 6.42 Å². The van der Waals surface area contributed by atoms with Crippen molar-refractivity contribution in [2.24, 2.45) is 0 Å². The van der Waals surface area contributed by atoms with Crippen molar-refractivity contribution in [3.05, 3.63) is 0 Å². The van der Waals surface area contributed by atoms with E-state index in [1.165, 1.54) is 18.9 Å². The first kappa shape index (κ1) is 13.3. The Balaban J connectivity index is 3.71. The van der Waals surface area contributed by atoms with E-state index in [1.807, 2.05) is 6.92 Å². The summed E-state index contributed by atoms with van der Waals surface area (Å²) < 4.78 is 4.45. The van der Waals surface area contributed by atoms with Gasteiger partial charge in [0.15, 0.2) is 0 Å². The molecule has 14 heavy (non-hydrogen) atoms. The molecule has 0 aromatic heterocycles. The number of methoxy groups -OCH3 is 1. The molecule has 0 amide bonds. The zero-order valence-corrected chi connectivity index (χ0v) is 9.30. The average Bonchev–Trinajstić information content (AvgIpc) is 2.16. The van der Waals surface area contributed by atoms with Gasteiger partial charge < -0.3 is 9.84 Å². The quantitative estimate of drug-likeness (QED) is 0.659. The number of carbonyl (C=O) groups excluding carboxylic acids is 1. The molecule has 0 rings (SSSR count). The minimum atomic E-state index is -0.804.